The van der Waals surface area contributed by atoms with Crippen molar-refractivity contribution in [3.05, 3.63) is 72.1 Å². The van der Waals surface area contributed by atoms with Gasteiger partial charge in [-0.15, -0.1) is 0 Å². The van der Waals surface area contributed by atoms with Crippen LogP contribution in [0.1, 0.15) is 34.8 Å². The summed E-state index contributed by atoms with van der Waals surface area (Å²) in [4.78, 5) is 24.2. The minimum absolute atomic E-state index is 0.0254. The Kier molecular flexibility index (Phi) is 5.79. The maximum absolute atomic E-state index is 13.5. The van der Waals surface area contributed by atoms with Crippen LogP contribution in [-0.4, -0.2) is 41.5 Å². The summed E-state index contributed by atoms with van der Waals surface area (Å²) in [6, 6.07) is 15.2. The van der Waals surface area contributed by atoms with E-state index in [1.165, 1.54) is 0 Å². The van der Waals surface area contributed by atoms with Gasteiger partial charge in [-0.05, 0) is 54.8 Å². The van der Waals surface area contributed by atoms with Crippen molar-refractivity contribution < 1.29 is 9.53 Å². The zero-order valence-corrected chi connectivity index (χ0v) is 17.1. The number of hydrogen-bond donors (Lipinski definition) is 2. The van der Waals surface area contributed by atoms with E-state index in [4.69, 9.17) is 4.74 Å². The minimum Gasteiger partial charge on any atom is -0.497 e. The van der Waals surface area contributed by atoms with Gasteiger partial charge in [-0.3, -0.25) is 4.79 Å². The van der Waals surface area contributed by atoms with E-state index in [0.29, 0.717) is 17.9 Å². The van der Waals surface area contributed by atoms with Crippen molar-refractivity contribution in [3.8, 4) is 5.75 Å². The van der Waals surface area contributed by atoms with Crippen molar-refractivity contribution in [1.82, 2.24) is 14.9 Å². The molecule has 1 aliphatic rings. The summed E-state index contributed by atoms with van der Waals surface area (Å²) in [5.74, 6) is 2.04. The molecule has 0 radical (unpaired) electrons. The van der Waals surface area contributed by atoms with Crippen molar-refractivity contribution in [1.29, 1.82) is 0 Å². The van der Waals surface area contributed by atoms with Crippen molar-refractivity contribution >= 4 is 23.2 Å². The Hall–Kier alpha value is -3.61. The number of anilines is 3. The lowest BCUT2D eigenvalue weighted by Crippen LogP contribution is -2.31. The molecular weight excluding hydrogens is 378 g/mol. The standard InChI is InChI=1S/C23H25N5O2/c1-24-21-14-16(10-12-25-21)20-9-5-13-28(20)23(29)19-8-4-11-26-22(19)27-17-6-3-7-18(15-17)30-2/h3-4,6-8,10-12,14-15,20H,5,9,13H2,1-2H3,(H,24,25)(H,26,27)/t20-/m1/s1. The number of amides is 1. The van der Waals surface area contributed by atoms with Gasteiger partial charge in [0.2, 0.25) is 0 Å². The number of ether oxygens (including phenoxy) is 1. The van der Waals surface area contributed by atoms with Crippen LogP contribution in [0.4, 0.5) is 17.3 Å². The SMILES string of the molecule is CNc1cc([C@H]2CCCN2C(=O)c2cccnc2Nc2cccc(OC)c2)ccn1. The predicted molar refractivity (Wildman–Crippen MR) is 117 cm³/mol. The maximum Gasteiger partial charge on any atom is 0.258 e. The van der Waals surface area contributed by atoms with Crippen LogP contribution in [-0.2, 0) is 0 Å². The molecule has 7 heteroatoms. The molecule has 7 nitrogen and oxygen atoms in total. The molecule has 0 bridgehead atoms. The second kappa shape index (κ2) is 8.82. The van der Waals surface area contributed by atoms with E-state index in [1.54, 1.807) is 25.6 Å². The quantitative estimate of drug-likeness (QED) is 0.641. The fourth-order valence-corrected chi connectivity index (χ4v) is 3.82. The molecule has 3 heterocycles. The normalized spacial score (nSPS) is 15.7. The highest BCUT2D eigenvalue weighted by molar-refractivity contribution is 5.99. The number of aromatic nitrogens is 2. The van der Waals surface area contributed by atoms with Crippen LogP contribution in [0.5, 0.6) is 5.75 Å². The molecule has 2 aromatic heterocycles. The van der Waals surface area contributed by atoms with Crippen LogP contribution in [0, 0.1) is 0 Å². The minimum atomic E-state index is -0.0289. The molecule has 1 aromatic carbocycles. The zero-order valence-electron chi connectivity index (χ0n) is 17.1. The highest BCUT2D eigenvalue weighted by atomic mass is 16.5. The molecule has 1 amide bonds. The summed E-state index contributed by atoms with van der Waals surface area (Å²) in [5, 5.41) is 6.33. The number of methoxy groups -OCH3 is 1. The smallest absolute Gasteiger partial charge is 0.258 e. The monoisotopic (exact) mass is 403 g/mol. The Bertz CT molecular complexity index is 1040. The second-order valence-corrected chi connectivity index (χ2v) is 7.14. The first kappa shape index (κ1) is 19.7. The molecule has 0 saturated carbocycles. The van der Waals surface area contributed by atoms with Crippen LogP contribution in [0.3, 0.4) is 0 Å². The van der Waals surface area contributed by atoms with E-state index in [0.717, 1.165) is 35.7 Å². The molecule has 1 aliphatic heterocycles. The highest BCUT2D eigenvalue weighted by Gasteiger charge is 2.32. The summed E-state index contributed by atoms with van der Waals surface area (Å²) >= 11 is 0. The number of nitrogens with one attached hydrogen (secondary N) is 2. The molecule has 0 aliphatic carbocycles. The fourth-order valence-electron chi connectivity index (χ4n) is 3.82. The first-order valence-corrected chi connectivity index (χ1v) is 10.0. The van der Waals surface area contributed by atoms with E-state index in [2.05, 4.69) is 20.6 Å². The summed E-state index contributed by atoms with van der Waals surface area (Å²) in [6.45, 7) is 0.716. The van der Waals surface area contributed by atoms with Crippen LogP contribution < -0.4 is 15.4 Å². The van der Waals surface area contributed by atoms with Gasteiger partial charge >= 0.3 is 0 Å². The van der Waals surface area contributed by atoms with Gasteiger partial charge in [0.25, 0.3) is 5.91 Å². The number of rotatable bonds is 6. The summed E-state index contributed by atoms with van der Waals surface area (Å²) in [7, 11) is 3.47. The molecule has 30 heavy (non-hydrogen) atoms. The van der Waals surface area contributed by atoms with Crippen LogP contribution in [0.2, 0.25) is 0 Å². The molecule has 3 aromatic rings. The van der Waals surface area contributed by atoms with Gasteiger partial charge in [0, 0.05) is 37.7 Å². The molecule has 4 rings (SSSR count). The predicted octanol–water partition coefficient (Wildman–Crippen LogP) is 4.25. The summed E-state index contributed by atoms with van der Waals surface area (Å²) in [5.41, 5.74) is 2.45. The number of likely N-dealkylation sites (tertiary alicyclic amines) is 1. The van der Waals surface area contributed by atoms with Crippen molar-refractivity contribution in [2.24, 2.45) is 0 Å². The average Bonchev–Trinajstić information content (AvgIpc) is 3.29. The number of benzene rings is 1. The Balaban J connectivity index is 1.61. The van der Waals surface area contributed by atoms with Gasteiger partial charge in [-0.2, -0.15) is 0 Å². The van der Waals surface area contributed by atoms with Crippen LogP contribution in [0.25, 0.3) is 0 Å². The highest BCUT2D eigenvalue weighted by Crippen LogP contribution is 2.35. The molecule has 0 spiro atoms. The number of carbonyl (C=O) groups is 1. The maximum atomic E-state index is 13.5. The number of pyridine rings is 2. The van der Waals surface area contributed by atoms with E-state index in [9.17, 15) is 4.79 Å². The number of nitrogens with zero attached hydrogens (tertiary/aromatic N) is 3. The second-order valence-electron chi connectivity index (χ2n) is 7.14. The molecule has 2 N–H and O–H groups in total. The summed E-state index contributed by atoms with van der Waals surface area (Å²) < 4.78 is 5.29. The number of hydrogen-bond acceptors (Lipinski definition) is 6. The molecule has 0 unspecified atom stereocenters. The lowest BCUT2D eigenvalue weighted by Gasteiger charge is -2.26. The molecule has 1 saturated heterocycles. The third-order valence-electron chi connectivity index (χ3n) is 5.31. The Labute approximate surface area is 176 Å². The van der Waals surface area contributed by atoms with E-state index < -0.39 is 0 Å². The summed E-state index contributed by atoms with van der Waals surface area (Å²) in [6.07, 6.45) is 5.36. The van der Waals surface area contributed by atoms with Crippen LogP contribution in [0.15, 0.2) is 60.9 Å². The third kappa shape index (κ3) is 4.05. The van der Waals surface area contributed by atoms with Gasteiger partial charge in [0.15, 0.2) is 0 Å². The van der Waals surface area contributed by atoms with E-state index >= 15 is 0 Å². The van der Waals surface area contributed by atoms with Gasteiger partial charge in [-0.25, -0.2) is 9.97 Å². The van der Waals surface area contributed by atoms with Gasteiger partial charge in [0.1, 0.15) is 17.4 Å². The zero-order chi connectivity index (χ0) is 20.9. The first-order chi connectivity index (χ1) is 14.7. The Morgan fingerprint density at radius 3 is 2.87 bits per heavy atom. The van der Waals surface area contributed by atoms with Crippen LogP contribution >= 0.6 is 0 Å². The molecule has 154 valence electrons. The van der Waals surface area contributed by atoms with Gasteiger partial charge in [-0.1, -0.05) is 6.07 Å². The lowest BCUT2D eigenvalue weighted by atomic mass is 10.0. The topological polar surface area (TPSA) is 79.4 Å². The Morgan fingerprint density at radius 1 is 1.13 bits per heavy atom. The van der Waals surface area contributed by atoms with Crippen molar-refractivity contribution in [2.75, 3.05) is 31.3 Å². The average molecular weight is 403 g/mol. The largest absolute Gasteiger partial charge is 0.497 e. The molecule has 1 atom stereocenters. The van der Waals surface area contributed by atoms with Crippen molar-refractivity contribution in [2.45, 2.75) is 18.9 Å². The fraction of sp³-hybridized carbons (Fsp3) is 0.261. The van der Waals surface area contributed by atoms with Crippen molar-refractivity contribution in [3.63, 3.8) is 0 Å². The van der Waals surface area contributed by atoms with E-state index in [1.807, 2.05) is 54.4 Å². The van der Waals surface area contributed by atoms with Gasteiger partial charge in [0.05, 0.1) is 18.7 Å². The first-order valence-electron chi connectivity index (χ1n) is 10.0. The van der Waals surface area contributed by atoms with Gasteiger partial charge < -0.3 is 20.3 Å². The van der Waals surface area contributed by atoms with E-state index in [-0.39, 0.29) is 11.9 Å². The third-order valence-corrected chi connectivity index (χ3v) is 5.31. The Morgan fingerprint density at radius 2 is 2.03 bits per heavy atom. The molecular formula is C23H25N5O2. The molecule has 1 fully saturated rings. The lowest BCUT2D eigenvalue weighted by molar-refractivity contribution is 0.0736. The number of carbonyl (C=O) groups excluding carboxylic acids is 1.